The number of carbonyl (C=O) groups excluding carboxylic acids is 1. The van der Waals surface area contributed by atoms with E-state index in [1.807, 2.05) is 30.5 Å². The molecule has 0 atom stereocenters. The van der Waals surface area contributed by atoms with Gasteiger partial charge >= 0.3 is 0 Å². The number of sulfonamides is 1. The lowest BCUT2D eigenvalue weighted by Crippen LogP contribution is -2.25. The van der Waals surface area contributed by atoms with Crippen LogP contribution in [0.25, 0.3) is 16.6 Å². The van der Waals surface area contributed by atoms with E-state index in [9.17, 15) is 13.2 Å². The molecule has 0 bridgehead atoms. The third-order valence-electron chi connectivity index (χ3n) is 6.04. The summed E-state index contributed by atoms with van der Waals surface area (Å²) < 4.78 is 29.3. The number of fused-ring (bicyclic) bond motifs is 1. The highest BCUT2D eigenvalue weighted by atomic mass is 32.2. The van der Waals surface area contributed by atoms with Gasteiger partial charge in [-0.2, -0.15) is 4.68 Å². The van der Waals surface area contributed by atoms with E-state index >= 15 is 0 Å². The molecule has 1 aliphatic heterocycles. The molecule has 198 valence electrons. The van der Waals surface area contributed by atoms with E-state index in [2.05, 4.69) is 34.9 Å². The first-order valence-corrected chi connectivity index (χ1v) is 14.1. The van der Waals surface area contributed by atoms with Gasteiger partial charge in [0.15, 0.2) is 10.9 Å². The molecular formula is C26H24N8O3S2. The predicted molar refractivity (Wildman–Crippen MR) is 149 cm³/mol. The molecule has 0 aliphatic carbocycles. The number of piperidine rings is 1. The molecule has 1 N–H and O–H groups in total. The zero-order valence-corrected chi connectivity index (χ0v) is 22.3. The SMILES string of the molecule is O=C/C(=C\N1CCCCC1)c1nc2ccccc2n(N=Nc2ccc(S(=O)(=O)Nc3ncccn3)cc2)c1=S. The van der Waals surface area contributed by atoms with Crippen LogP contribution in [0.5, 0.6) is 0 Å². The Morgan fingerprint density at radius 1 is 0.974 bits per heavy atom. The van der Waals surface area contributed by atoms with E-state index in [0.717, 1.165) is 32.2 Å². The number of anilines is 1. The Balaban J connectivity index is 1.47. The van der Waals surface area contributed by atoms with Gasteiger partial charge in [0.25, 0.3) is 10.0 Å². The van der Waals surface area contributed by atoms with Gasteiger partial charge in [0.2, 0.25) is 5.95 Å². The molecule has 1 aliphatic rings. The van der Waals surface area contributed by atoms with Crippen LogP contribution in [0.3, 0.4) is 0 Å². The number of aldehydes is 1. The van der Waals surface area contributed by atoms with Crippen molar-refractivity contribution in [1.29, 1.82) is 0 Å². The molecule has 2 aromatic heterocycles. The summed E-state index contributed by atoms with van der Waals surface area (Å²) in [6, 6.07) is 14.7. The van der Waals surface area contributed by atoms with Crippen molar-refractivity contribution in [2.75, 3.05) is 17.8 Å². The second kappa shape index (κ2) is 11.6. The number of benzene rings is 2. The molecule has 0 amide bonds. The Morgan fingerprint density at radius 2 is 1.69 bits per heavy atom. The van der Waals surface area contributed by atoms with Gasteiger partial charge in [0.05, 0.1) is 27.2 Å². The second-order valence-corrected chi connectivity index (χ2v) is 10.8. The lowest BCUT2D eigenvalue weighted by Gasteiger charge is -2.25. The fraction of sp³-hybridized carbons (Fsp3) is 0.192. The highest BCUT2D eigenvalue weighted by Gasteiger charge is 2.16. The fourth-order valence-electron chi connectivity index (χ4n) is 4.10. The first-order chi connectivity index (χ1) is 18.9. The van der Waals surface area contributed by atoms with Gasteiger partial charge in [0.1, 0.15) is 5.69 Å². The number of hydrogen-bond acceptors (Lipinski definition) is 10. The predicted octanol–water partition coefficient (Wildman–Crippen LogP) is 4.93. The smallest absolute Gasteiger partial charge is 0.264 e. The van der Waals surface area contributed by atoms with Crippen molar-refractivity contribution < 1.29 is 13.2 Å². The number of aromatic nitrogens is 4. The Labute approximate surface area is 230 Å². The maximum atomic E-state index is 12.6. The fourth-order valence-corrected chi connectivity index (χ4v) is 5.36. The van der Waals surface area contributed by atoms with Gasteiger partial charge in [-0.25, -0.2) is 28.1 Å². The van der Waals surface area contributed by atoms with Gasteiger partial charge in [-0.05, 0) is 61.7 Å². The van der Waals surface area contributed by atoms with Crippen LogP contribution in [0.15, 0.2) is 88.4 Å². The van der Waals surface area contributed by atoms with Gasteiger partial charge in [-0.15, -0.1) is 5.11 Å². The van der Waals surface area contributed by atoms with E-state index < -0.39 is 10.0 Å². The van der Waals surface area contributed by atoms with Crippen LogP contribution in [0.4, 0.5) is 11.6 Å². The Kier molecular flexibility index (Phi) is 7.79. The number of rotatable bonds is 8. The molecule has 0 unspecified atom stereocenters. The molecule has 5 rings (SSSR count). The molecule has 2 aromatic carbocycles. The lowest BCUT2D eigenvalue weighted by atomic mass is 10.1. The Bertz CT molecular complexity index is 1710. The summed E-state index contributed by atoms with van der Waals surface area (Å²) in [5.41, 5.74) is 2.33. The number of hydrogen-bond donors (Lipinski definition) is 1. The van der Waals surface area contributed by atoms with Crippen LogP contribution < -0.4 is 4.72 Å². The van der Waals surface area contributed by atoms with Crippen LogP contribution in [0.1, 0.15) is 25.0 Å². The summed E-state index contributed by atoms with van der Waals surface area (Å²) in [5, 5.41) is 8.62. The summed E-state index contributed by atoms with van der Waals surface area (Å²) in [7, 11) is -3.88. The van der Waals surface area contributed by atoms with Crippen molar-refractivity contribution >= 4 is 56.8 Å². The van der Waals surface area contributed by atoms with Crippen LogP contribution in [0.2, 0.25) is 0 Å². The summed E-state index contributed by atoms with van der Waals surface area (Å²) in [4.78, 5) is 26.6. The summed E-state index contributed by atoms with van der Waals surface area (Å²) in [6.45, 7) is 1.74. The highest BCUT2D eigenvalue weighted by molar-refractivity contribution is 7.92. The summed E-state index contributed by atoms with van der Waals surface area (Å²) >= 11 is 5.71. The first kappa shape index (κ1) is 26.3. The van der Waals surface area contributed by atoms with Crippen LogP contribution in [0, 0.1) is 4.64 Å². The zero-order chi connectivity index (χ0) is 27.2. The number of nitrogens with zero attached hydrogens (tertiary/aromatic N) is 7. The minimum Gasteiger partial charge on any atom is -0.377 e. The summed E-state index contributed by atoms with van der Waals surface area (Å²) in [5.74, 6) is -0.0277. The molecule has 0 radical (unpaired) electrons. The first-order valence-electron chi connectivity index (χ1n) is 12.2. The summed E-state index contributed by atoms with van der Waals surface area (Å²) in [6.07, 6.45) is 8.76. The average Bonchev–Trinajstić information content (AvgIpc) is 2.96. The maximum Gasteiger partial charge on any atom is 0.264 e. The van der Waals surface area contributed by atoms with Gasteiger partial charge in [0, 0.05) is 31.7 Å². The molecular weight excluding hydrogens is 536 g/mol. The number of likely N-dealkylation sites (tertiary alicyclic amines) is 1. The third-order valence-corrected chi connectivity index (χ3v) is 7.75. The molecule has 3 heterocycles. The quantitative estimate of drug-likeness (QED) is 0.139. The van der Waals surface area contributed by atoms with Gasteiger partial charge < -0.3 is 4.90 Å². The maximum absolute atomic E-state index is 12.6. The van der Waals surface area contributed by atoms with Gasteiger partial charge in [-0.3, -0.25) is 4.79 Å². The van der Waals surface area contributed by atoms with E-state index in [1.54, 1.807) is 6.07 Å². The van der Waals surface area contributed by atoms with Crippen molar-refractivity contribution in [3.05, 3.63) is 83.5 Å². The molecule has 11 nitrogen and oxygen atoms in total. The second-order valence-electron chi connectivity index (χ2n) is 8.73. The average molecular weight is 561 g/mol. The molecule has 0 saturated carbocycles. The Morgan fingerprint density at radius 3 is 2.41 bits per heavy atom. The van der Waals surface area contributed by atoms with Crippen molar-refractivity contribution in [2.24, 2.45) is 10.3 Å². The molecule has 13 heteroatoms. The number of para-hydroxylation sites is 2. The van der Waals surface area contributed by atoms with Crippen molar-refractivity contribution in [1.82, 2.24) is 24.5 Å². The van der Waals surface area contributed by atoms with Gasteiger partial charge in [-0.1, -0.05) is 29.6 Å². The van der Waals surface area contributed by atoms with Crippen molar-refractivity contribution in [3.63, 3.8) is 0 Å². The third kappa shape index (κ3) is 6.04. The normalized spacial score (nSPS) is 14.6. The monoisotopic (exact) mass is 560 g/mol. The topological polar surface area (TPSA) is 135 Å². The van der Waals surface area contributed by atoms with Crippen LogP contribution in [-0.4, -0.2) is 52.3 Å². The molecule has 1 saturated heterocycles. The van der Waals surface area contributed by atoms with E-state index in [1.165, 1.54) is 47.8 Å². The minimum absolute atomic E-state index is 0.0145. The number of allylic oxidation sites excluding steroid dienone is 1. The zero-order valence-electron chi connectivity index (χ0n) is 20.7. The molecule has 0 spiro atoms. The van der Waals surface area contributed by atoms with Crippen molar-refractivity contribution in [2.45, 2.75) is 24.2 Å². The number of nitrogens with one attached hydrogen (secondary N) is 1. The highest BCUT2D eigenvalue weighted by Crippen LogP contribution is 2.23. The molecule has 4 aromatic rings. The van der Waals surface area contributed by atoms with E-state index in [-0.39, 0.29) is 15.5 Å². The Hall–Kier alpha value is -4.36. The van der Waals surface area contributed by atoms with Crippen molar-refractivity contribution in [3.8, 4) is 0 Å². The van der Waals surface area contributed by atoms with Crippen LogP contribution in [-0.2, 0) is 14.8 Å². The minimum atomic E-state index is -3.88. The van der Waals surface area contributed by atoms with Crippen LogP contribution >= 0.6 is 12.2 Å². The lowest BCUT2D eigenvalue weighted by molar-refractivity contribution is -0.103. The van der Waals surface area contributed by atoms with E-state index in [4.69, 9.17) is 12.2 Å². The largest absolute Gasteiger partial charge is 0.377 e. The standard InChI is InChI=1S/C26H24N8O3S2/c35-18-19(17-33-15-4-1-5-16-33)24-25(38)34(23-8-3-2-7-22(23)29-24)32-30-20-9-11-21(12-10-20)39(36,37)31-26-27-13-6-14-28-26/h2-3,6-14,17-18H,1,4-5,15-16H2,(H,27,28,31)/b19-17+,32-30?. The molecule has 1 fully saturated rings. The molecule has 39 heavy (non-hydrogen) atoms. The number of carbonyl (C=O) groups is 1. The van der Waals surface area contributed by atoms with E-state index in [0.29, 0.717) is 28.0 Å².